The maximum absolute atomic E-state index is 9.53. The molecule has 0 spiro atoms. The molecule has 0 bridgehead atoms. The summed E-state index contributed by atoms with van der Waals surface area (Å²) in [5.41, 5.74) is -0.446. The zero-order valence-electron chi connectivity index (χ0n) is 46.6. The van der Waals surface area contributed by atoms with E-state index in [0.717, 1.165) is 32.4 Å². The van der Waals surface area contributed by atoms with Gasteiger partial charge in [-0.3, -0.25) is 0 Å². The molecule has 9 aromatic carbocycles. The Labute approximate surface area is 327 Å². The first-order chi connectivity index (χ1) is 33.6. The minimum absolute atomic E-state index is 0.0269. The van der Waals surface area contributed by atoms with E-state index in [-0.39, 0.29) is 5.69 Å². The van der Waals surface area contributed by atoms with Gasteiger partial charge in [0.25, 0.3) is 0 Å². The van der Waals surface area contributed by atoms with Gasteiger partial charge in [-0.25, -0.2) is 0 Å². The summed E-state index contributed by atoms with van der Waals surface area (Å²) in [4.78, 5) is 1.04. The summed E-state index contributed by atoms with van der Waals surface area (Å²) < 4.78 is 177. The van der Waals surface area contributed by atoms with E-state index in [0.29, 0.717) is 5.56 Å². The van der Waals surface area contributed by atoms with Crippen molar-refractivity contribution in [3.63, 3.8) is 0 Å². The molecule has 0 atom stereocenters. The molecule has 1 nitrogen and oxygen atoms in total. The van der Waals surface area contributed by atoms with Gasteiger partial charge in [0.15, 0.2) is 0 Å². The SMILES string of the molecule is [2H]c1c([2H])c([2H])c(-c2c([2H])c([2H])c(-c3c([2H])c([2H])c(N(c4ccc(-c5cccc(-c6cccc7ccccc67)c5)cc4)c4c([2H])c([2H])c([2H])c5c([2H])c([2H])c([2H])c([2H])c45)c([2H])c3[2H])c([2H])c2[2H])c([2H])c1[2H]. The fourth-order valence-corrected chi connectivity index (χ4v) is 5.96. The minimum atomic E-state index is -0.918. The highest BCUT2D eigenvalue weighted by Crippen LogP contribution is 2.41. The first-order valence-corrected chi connectivity index (χ1v) is 15.9. The Balaban J connectivity index is 1.29. The first kappa shape index (κ1) is 15.9. The van der Waals surface area contributed by atoms with E-state index < -0.39 is 165 Å². The number of benzene rings is 9. The molecule has 0 aliphatic rings. The van der Waals surface area contributed by atoms with Crippen molar-refractivity contribution in [1.29, 1.82) is 0 Å². The van der Waals surface area contributed by atoms with Crippen LogP contribution in [0.15, 0.2) is 212 Å². The van der Waals surface area contributed by atoms with E-state index >= 15 is 0 Å². The number of nitrogens with zero attached hydrogens (tertiary/aromatic N) is 1. The number of hydrogen-bond donors (Lipinski definition) is 0. The van der Waals surface area contributed by atoms with Crippen molar-refractivity contribution >= 4 is 38.6 Å². The summed E-state index contributed by atoms with van der Waals surface area (Å²) in [6, 6.07) is 11.8. The highest BCUT2D eigenvalue weighted by atomic mass is 15.1. The van der Waals surface area contributed by atoms with Gasteiger partial charge in [-0.05, 0) is 97.0 Å². The molecule has 0 amide bonds. The van der Waals surface area contributed by atoms with Crippen molar-refractivity contribution in [2.75, 3.05) is 4.90 Å². The van der Waals surface area contributed by atoms with Crippen LogP contribution >= 0.6 is 0 Å². The van der Waals surface area contributed by atoms with Gasteiger partial charge in [0, 0.05) is 16.8 Å². The zero-order chi connectivity index (χ0) is 51.4. The normalized spacial score (nSPS) is 16.6. The van der Waals surface area contributed by atoms with Gasteiger partial charge < -0.3 is 4.90 Å². The molecule has 0 saturated carbocycles. The van der Waals surface area contributed by atoms with E-state index in [9.17, 15) is 6.85 Å². The first-order valence-electron chi connectivity index (χ1n) is 25.9. The predicted molar refractivity (Wildman–Crippen MR) is 218 cm³/mol. The van der Waals surface area contributed by atoms with Crippen LogP contribution in [-0.4, -0.2) is 0 Å². The lowest BCUT2D eigenvalue weighted by Crippen LogP contribution is -2.10. The average molecular weight is 670 g/mol. The standard InChI is InChI=1S/C50H35N/c1-2-11-36(12-3-1)37-23-25-38(26-24-37)39-27-31-45(32-28-39)51(50-22-10-16-42-14-5-7-20-49(42)50)46-33-29-40(30-34-46)43-17-8-18-44(35-43)48-21-9-15-41-13-4-6-19-47(41)48/h1-35H/i1D,2D,3D,5D,7D,10D,11D,12D,14D,16D,20D,22D,23D,24D,25D,26D,27D,28D,31D,32D. The molecule has 9 aromatic rings. The summed E-state index contributed by atoms with van der Waals surface area (Å²) in [5, 5.41) is 1.21. The Morgan fingerprint density at radius 2 is 0.941 bits per heavy atom. The molecule has 0 radical (unpaired) electrons. The van der Waals surface area contributed by atoms with Gasteiger partial charge in [0.1, 0.15) is 0 Å². The molecule has 240 valence electrons. The molecule has 0 aliphatic carbocycles. The van der Waals surface area contributed by atoms with Crippen LogP contribution in [-0.2, 0) is 0 Å². The summed E-state index contributed by atoms with van der Waals surface area (Å²) in [6.45, 7) is 0. The molecular formula is C50H35N. The number of hydrogen-bond acceptors (Lipinski definition) is 1. The van der Waals surface area contributed by atoms with Crippen LogP contribution < -0.4 is 4.90 Å². The average Bonchev–Trinajstić information content (AvgIpc) is 3.37. The number of rotatable bonds is 7. The second-order valence-electron chi connectivity index (χ2n) is 11.4. The fraction of sp³-hybridized carbons (Fsp3) is 0. The van der Waals surface area contributed by atoms with Gasteiger partial charge in [0.05, 0.1) is 33.1 Å². The van der Waals surface area contributed by atoms with Gasteiger partial charge >= 0.3 is 0 Å². The van der Waals surface area contributed by atoms with Crippen LogP contribution in [0.3, 0.4) is 0 Å². The lowest BCUT2D eigenvalue weighted by Gasteiger charge is -2.27. The van der Waals surface area contributed by atoms with Crippen LogP contribution in [0.1, 0.15) is 27.4 Å². The van der Waals surface area contributed by atoms with Crippen molar-refractivity contribution < 1.29 is 27.4 Å². The number of fused-ring (bicyclic) bond motifs is 2. The topological polar surface area (TPSA) is 3.24 Å². The fourth-order valence-electron chi connectivity index (χ4n) is 5.96. The quantitative estimate of drug-likeness (QED) is 0.163. The van der Waals surface area contributed by atoms with Crippen molar-refractivity contribution in [1.82, 2.24) is 0 Å². The molecule has 51 heavy (non-hydrogen) atoms. The van der Waals surface area contributed by atoms with E-state index in [2.05, 4.69) is 0 Å². The molecule has 0 unspecified atom stereocenters. The Morgan fingerprint density at radius 1 is 0.333 bits per heavy atom. The lowest BCUT2D eigenvalue weighted by atomic mass is 9.95. The van der Waals surface area contributed by atoms with Gasteiger partial charge in [0.2, 0.25) is 0 Å². The van der Waals surface area contributed by atoms with Crippen LogP contribution in [0.2, 0.25) is 0 Å². The summed E-state index contributed by atoms with van der Waals surface area (Å²) in [6.07, 6.45) is 0. The molecule has 0 aliphatic heterocycles. The van der Waals surface area contributed by atoms with Crippen molar-refractivity contribution in [3.05, 3.63) is 212 Å². The highest BCUT2D eigenvalue weighted by Gasteiger charge is 2.16. The molecule has 0 saturated heterocycles. The van der Waals surface area contributed by atoms with Crippen LogP contribution in [0.5, 0.6) is 0 Å². The monoisotopic (exact) mass is 669 g/mol. The Hall–Kier alpha value is -6.70. The van der Waals surface area contributed by atoms with E-state index in [4.69, 9.17) is 20.6 Å². The van der Waals surface area contributed by atoms with Crippen LogP contribution in [0.25, 0.3) is 66.1 Å². The molecule has 0 heterocycles. The third-order valence-electron chi connectivity index (χ3n) is 8.40. The molecule has 0 N–H and O–H groups in total. The molecular weight excluding hydrogens is 615 g/mol. The van der Waals surface area contributed by atoms with Crippen molar-refractivity contribution in [2.24, 2.45) is 0 Å². The van der Waals surface area contributed by atoms with Gasteiger partial charge in [-0.1, -0.05) is 176 Å². The molecule has 0 fully saturated rings. The highest BCUT2D eigenvalue weighted by molar-refractivity contribution is 6.00. The van der Waals surface area contributed by atoms with Gasteiger partial charge in [-0.2, -0.15) is 0 Å². The van der Waals surface area contributed by atoms with Gasteiger partial charge in [-0.15, -0.1) is 0 Å². The summed E-state index contributed by atoms with van der Waals surface area (Å²) >= 11 is 0. The maximum atomic E-state index is 9.53. The lowest BCUT2D eigenvalue weighted by molar-refractivity contribution is 1.30. The molecule has 9 rings (SSSR count). The van der Waals surface area contributed by atoms with Crippen LogP contribution in [0, 0.1) is 0 Å². The van der Waals surface area contributed by atoms with Crippen molar-refractivity contribution in [2.45, 2.75) is 0 Å². The summed E-state index contributed by atoms with van der Waals surface area (Å²) in [5.74, 6) is 0. The van der Waals surface area contributed by atoms with E-state index in [1.807, 2.05) is 66.7 Å². The van der Waals surface area contributed by atoms with E-state index in [1.54, 1.807) is 12.1 Å². The Morgan fingerprint density at radius 3 is 1.73 bits per heavy atom. The Kier molecular flexibility index (Phi) is 4.15. The predicted octanol–water partition coefficient (Wildman–Crippen LogP) is 14.1. The second kappa shape index (κ2) is 13.3. The van der Waals surface area contributed by atoms with Crippen molar-refractivity contribution in [3.8, 4) is 44.5 Å². The number of anilines is 3. The minimum Gasteiger partial charge on any atom is -0.310 e. The largest absolute Gasteiger partial charge is 0.310 e. The zero-order valence-corrected chi connectivity index (χ0v) is 26.6. The van der Waals surface area contributed by atoms with Crippen LogP contribution in [0.4, 0.5) is 17.1 Å². The van der Waals surface area contributed by atoms with E-state index in [1.165, 1.54) is 12.1 Å². The molecule has 0 aromatic heterocycles. The maximum Gasteiger partial charge on any atom is 0.0645 e. The Bertz CT molecular complexity index is 3680. The summed E-state index contributed by atoms with van der Waals surface area (Å²) in [7, 11) is 0. The third-order valence-corrected chi connectivity index (χ3v) is 8.40. The third kappa shape index (κ3) is 5.96. The smallest absolute Gasteiger partial charge is 0.0645 e. The second-order valence-corrected chi connectivity index (χ2v) is 11.4. The molecule has 1 heteroatoms.